The summed E-state index contributed by atoms with van der Waals surface area (Å²) in [6, 6.07) is 10.6. The molecule has 3 aromatic rings. The zero-order chi connectivity index (χ0) is 23.6. The van der Waals surface area contributed by atoms with Crippen molar-refractivity contribution in [1.82, 2.24) is 9.78 Å². The van der Waals surface area contributed by atoms with Crippen LogP contribution in [0.25, 0.3) is 5.69 Å². The van der Waals surface area contributed by atoms with Crippen molar-refractivity contribution < 1.29 is 22.9 Å². The number of aromatic nitrogens is 2. The predicted molar refractivity (Wildman–Crippen MR) is 116 cm³/mol. The van der Waals surface area contributed by atoms with Gasteiger partial charge < -0.3 is 10.1 Å². The first-order valence-corrected chi connectivity index (χ1v) is 10.9. The minimum absolute atomic E-state index is 0.263. The molecule has 0 atom stereocenters. The number of nitrogens with two attached hydrogens (primary N) is 1. The maximum atomic E-state index is 12.4. The maximum Gasteiger partial charge on any atom is 0.312 e. The van der Waals surface area contributed by atoms with Crippen molar-refractivity contribution in [2.45, 2.75) is 25.7 Å². The summed E-state index contributed by atoms with van der Waals surface area (Å²) in [5.41, 5.74) is 3.09. The van der Waals surface area contributed by atoms with E-state index in [1.54, 1.807) is 18.5 Å². The van der Waals surface area contributed by atoms with Crippen molar-refractivity contribution in [3.8, 4) is 11.4 Å². The molecule has 12 heteroatoms. The third kappa shape index (κ3) is 4.92. The van der Waals surface area contributed by atoms with Crippen LogP contribution in [0.4, 0.5) is 11.4 Å². The van der Waals surface area contributed by atoms with Crippen LogP contribution in [0.3, 0.4) is 0 Å². The Morgan fingerprint density at radius 3 is 2.44 bits per heavy atom. The molecule has 0 aliphatic carbocycles. The zero-order valence-corrected chi connectivity index (χ0v) is 18.3. The Balaban J connectivity index is 1.76. The Bertz CT molecular complexity index is 1300. The molecule has 0 radical (unpaired) electrons. The molecule has 0 aliphatic rings. The molecule has 0 unspecified atom stereocenters. The molecule has 1 aromatic heterocycles. The van der Waals surface area contributed by atoms with Gasteiger partial charge in [0.1, 0.15) is 0 Å². The molecular weight excluding hydrogens is 438 g/mol. The molecular formula is C20H21N5O6S. The second-order valence-corrected chi connectivity index (χ2v) is 8.62. The lowest BCUT2D eigenvalue weighted by molar-refractivity contribution is -0.386. The highest BCUT2D eigenvalue weighted by Crippen LogP contribution is 2.29. The second-order valence-electron chi connectivity index (χ2n) is 7.06. The minimum atomic E-state index is -4.13. The summed E-state index contributed by atoms with van der Waals surface area (Å²) in [6.45, 7) is 4.98. The van der Waals surface area contributed by atoms with E-state index < -0.39 is 38.0 Å². The number of anilines is 1. The first kappa shape index (κ1) is 22.9. The van der Waals surface area contributed by atoms with Crippen LogP contribution in [0.1, 0.15) is 17.0 Å². The number of sulfonamides is 1. The number of carbonyl (C=O) groups excluding carboxylic acids is 1. The highest BCUT2D eigenvalue weighted by atomic mass is 32.2. The van der Waals surface area contributed by atoms with Crippen LogP contribution >= 0.6 is 0 Å². The molecule has 1 heterocycles. The molecule has 0 bridgehead atoms. The Labute approximate surface area is 184 Å². The van der Waals surface area contributed by atoms with Gasteiger partial charge in [-0.15, -0.1) is 0 Å². The number of hydrogen-bond acceptors (Lipinski definition) is 7. The van der Waals surface area contributed by atoms with Crippen molar-refractivity contribution in [3.63, 3.8) is 0 Å². The lowest BCUT2D eigenvalue weighted by atomic mass is 10.2. The van der Waals surface area contributed by atoms with E-state index in [0.29, 0.717) is 17.1 Å². The maximum absolute atomic E-state index is 12.4. The Kier molecular flexibility index (Phi) is 6.27. The number of rotatable bonds is 7. The Morgan fingerprint density at radius 2 is 1.84 bits per heavy atom. The van der Waals surface area contributed by atoms with Crippen LogP contribution in [0, 0.1) is 30.9 Å². The van der Waals surface area contributed by atoms with E-state index in [1.165, 1.54) is 0 Å². The van der Waals surface area contributed by atoms with Gasteiger partial charge >= 0.3 is 5.69 Å². The first-order valence-electron chi connectivity index (χ1n) is 9.34. The van der Waals surface area contributed by atoms with E-state index in [9.17, 15) is 23.3 Å². The molecule has 0 saturated carbocycles. The van der Waals surface area contributed by atoms with E-state index in [0.717, 1.165) is 29.4 Å². The fourth-order valence-corrected chi connectivity index (χ4v) is 3.55. The lowest BCUT2D eigenvalue weighted by Gasteiger charge is -2.09. The van der Waals surface area contributed by atoms with Gasteiger partial charge in [-0.1, -0.05) is 17.7 Å². The molecule has 32 heavy (non-hydrogen) atoms. The first-order chi connectivity index (χ1) is 15.0. The smallest absolute Gasteiger partial charge is 0.312 e. The number of hydrogen-bond donors (Lipinski definition) is 2. The Hall–Kier alpha value is -3.77. The number of nitrogens with one attached hydrogen (secondary N) is 1. The summed E-state index contributed by atoms with van der Waals surface area (Å²) in [7, 11) is -4.13. The van der Waals surface area contributed by atoms with E-state index >= 15 is 0 Å². The van der Waals surface area contributed by atoms with Gasteiger partial charge in [0.2, 0.25) is 10.0 Å². The standard InChI is InChI=1S/C20H21N5O6S/c1-12-4-6-15(7-5-12)24-14(3)20(13(2)23-24)22-19(26)11-31-18-9-8-16(32(21,29)30)10-17(18)25(27)28/h4-10H,11H2,1-3H3,(H,22,26)(H2,21,29,30). The quantitative estimate of drug-likeness (QED) is 0.405. The van der Waals surface area contributed by atoms with Gasteiger partial charge in [-0.25, -0.2) is 18.2 Å². The molecule has 0 saturated heterocycles. The van der Waals surface area contributed by atoms with Crippen molar-refractivity contribution in [2.24, 2.45) is 5.14 Å². The number of ether oxygens (including phenoxy) is 1. The lowest BCUT2D eigenvalue weighted by Crippen LogP contribution is -2.21. The highest BCUT2D eigenvalue weighted by molar-refractivity contribution is 7.89. The summed E-state index contributed by atoms with van der Waals surface area (Å²) >= 11 is 0. The number of carbonyl (C=O) groups is 1. The van der Waals surface area contributed by atoms with Gasteiger partial charge in [-0.2, -0.15) is 5.10 Å². The van der Waals surface area contributed by atoms with Gasteiger partial charge in [-0.05, 0) is 45.0 Å². The van der Waals surface area contributed by atoms with Gasteiger partial charge in [0.05, 0.1) is 32.6 Å². The average molecular weight is 459 g/mol. The molecule has 2 aromatic carbocycles. The monoisotopic (exact) mass is 459 g/mol. The zero-order valence-electron chi connectivity index (χ0n) is 17.5. The van der Waals surface area contributed by atoms with E-state index in [-0.39, 0.29) is 5.75 Å². The number of nitro groups is 1. The largest absolute Gasteiger partial charge is 0.477 e. The molecule has 168 valence electrons. The van der Waals surface area contributed by atoms with E-state index in [2.05, 4.69) is 10.4 Å². The Morgan fingerprint density at radius 1 is 1.19 bits per heavy atom. The summed E-state index contributed by atoms with van der Waals surface area (Å²) in [5.74, 6) is -0.828. The topological polar surface area (TPSA) is 159 Å². The molecule has 11 nitrogen and oxygen atoms in total. The van der Waals surface area contributed by atoms with Crippen LogP contribution in [0.2, 0.25) is 0 Å². The van der Waals surface area contributed by atoms with Crippen molar-refractivity contribution >= 4 is 27.3 Å². The van der Waals surface area contributed by atoms with Crippen molar-refractivity contribution in [1.29, 1.82) is 0 Å². The van der Waals surface area contributed by atoms with Gasteiger partial charge in [0.25, 0.3) is 5.91 Å². The molecule has 0 fully saturated rings. The summed E-state index contributed by atoms with van der Waals surface area (Å²) in [5, 5.41) is 23.4. The summed E-state index contributed by atoms with van der Waals surface area (Å²) in [4.78, 5) is 22.4. The molecule has 1 amide bonds. The number of primary sulfonamides is 1. The van der Waals surface area contributed by atoms with E-state index in [4.69, 9.17) is 9.88 Å². The minimum Gasteiger partial charge on any atom is -0.477 e. The van der Waals surface area contributed by atoms with E-state index in [1.807, 2.05) is 31.2 Å². The highest BCUT2D eigenvalue weighted by Gasteiger charge is 2.21. The van der Waals surface area contributed by atoms with Gasteiger partial charge in [0, 0.05) is 6.07 Å². The summed E-state index contributed by atoms with van der Waals surface area (Å²) in [6.07, 6.45) is 0. The average Bonchev–Trinajstić information content (AvgIpc) is 3.00. The molecule has 0 aliphatic heterocycles. The number of aryl methyl sites for hydroxylation is 2. The van der Waals surface area contributed by atoms with Crippen LogP contribution in [0.15, 0.2) is 47.4 Å². The van der Waals surface area contributed by atoms with Crippen LogP contribution in [-0.4, -0.2) is 35.6 Å². The fourth-order valence-electron chi connectivity index (χ4n) is 3.02. The predicted octanol–water partition coefficient (Wildman–Crippen LogP) is 2.37. The molecule has 3 N–H and O–H groups in total. The molecule has 0 spiro atoms. The summed E-state index contributed by atoms with van der Waals surface area (Å²) < 4.78 is 29.8. The third-order valence-corrected chi connectivity index (χ3v) is 5.56. The number of benzene rings is 2. The molecule has 3 rings (SSSR count). The number of amides is 1. The van der Waals surface area contributed by atoms with Crippen LogP contribution in [-0.2, 0) is 14.8 Å². The van der Waals surface area contributed by atoms with Crippen LogP contribution in [0.5, 0.6) is 5.75 Å². The van der Waals surface area contributed by atoms with Crippen molar-refractivity contribution in [3.05, 3.63) is 69.5 Å². The van der Waals surface area contributed by atoms with Crippen LogP contribution < -0.4 is 15.2 Å². The third-order valence-electron chi connectivity index (χ3n) is 4.65. The van der Waals surface area contributed by atoms with Gasteiger partial charge in [0.15, 0.2) is 12.4 Å². The SMILES string of the molecule is Cc1ccc(-n2nc(C)c(NC(=O)COc3ccc(S(N)(=O)=O)cc3[N+](=O)[O-])c2C)cc1. The fraction of sp³-hybridized carbons (Fsp3) is 0.200. The van der Waals surface area contributed by atoms with Crippen molar-refractivity contribution in [2.75, 3.05) is 11.9 Å². The second kappa shape index (κ2) is 8.77. The normalized spacial score (nSPS) is 11.2. The number of nitrogens with zero attached hydrogens (tertiary/aromatic N) is 3. The van der Waals surface area contributed by atoms with Gasteiger partial charge in [-0.3, -0.25) is 14.9 Å². The number of nitro benzene ring substituents is 1.